The van der Waals surface area contributed by atoms with Crippen LogP contribution < -0.4 is 11.1 Å². The molecular formula is C12H14N6O2S. The first-order valence-corrected chi connectivity index (χ1v) is 7.16. The molecular weight excluding hydrogens is 292 g/mol. The maximum Gasteiger partial charge on any atom is 0.318 e. The van der Waals surface area contributed by atoms with Crippen LogP contribution in [-0.4, -0.2) is 37.4 Å². The van der Waals surface area contributed by atoms with Crippen LogP contribution in [0.25, 0.3) is 11.4 Å². The van der Waals surface area contributed by atoms with Crippen LogP contribution >= 0.6 is 11.8 Å². The summed E-state index contributed by atoms with van der Waals surface area (Å²) < 4.78 is 1.89. The maximum atomic E-state index is 11.4. The van der Waals surface area contributed by atoms with Crippen LogP contribution in [-0.2, 0) is 11.3 Å². The summed E-state index contributed by atoms with van der Waals surface area (Å²) >= 11 is 1.19. The van der Waals surface area contributed by atoms with E-state index in [2.05, 4.69) is 15.2 Å². The number of carbonyl (C=O) groups is 2. The third-order valence-electron chi connectivity index (χ3n) is 2.57. The number of nitrogens with two attached hydrogens (primary N) is 1. The molecule has 110 valence electrons. The number of nitrogens with zero attached hydrogens (tertiary/aromatic N) is 4. The van der Waals surface area contributed by atoms with Crippen molar-refractivity contribution in [3.63, 3.8) is 0 Å². The Morgan fingerprint density at radius 2 is 2.05 bits per heavy atom. The van der Waals surface area contributed by atoms with Gasteiger partial charge in [0.15, 0.2) is 11.0 Å². The van der Waals surface area contributed by atoms with E-state index in [1.165, 1.54) is 11.8 Å². The maximum absolute atomic E-state index is 11.4. The van der Waals surface area contributed by atoms with Gasteiger partial charge in [0, 0.05) is 24.5 Å². The number of rotatable bonds is 5. The quantitative estimate of drug-likeness (QED) is 0.783. The Bertz CT molecular complexity index is 642. The number of thioether (sulfide) groups is 1. The van der Waals surface area contributed by atoms with Gasteiger partial charge in [0.2, 0.25) is 5.91 Å². The summed E-state index contributed by atoms with van der Waals surface area (Å²) in [5.41, 5.74) is 5.78. The average Bonchev–Trinajstić information content (AvgIpc) is 2.88. The molecule has 9 heteroatoms. The molecule has 0 fully saturated rings. The molecule has 8 nitrogen and oxygen atoms in total. The molecule has 2 aromatic rings. The molecule has 2 heterocycles. The first-order chi connectivity index (χ1) is 10.1. The van der Waals surface area contributed by atoms with Crippen molar-refractivity contribution in [3.8, 4) is 11.4 Å². The van der Waals surface area contributed by atoms with Gasteiger partial charge in [-0.25, -0.2) is 4.79 Å². The van der Waals surface area contributed by atoms with Crippen molar-refractivity contribution in [1.29, 1.82) is 0 Å². The summed E-state index contributed by atoms with van der Waals surface area (Å²) in [5.74, 6) is 0.276. The Hall–Kier alpha value is -2.42. The standard InChI is InChI=1S/C12H14N6O2S/c1-2-18-10(8-3-5-14-6-4-8)16-17-12(18)21-7-9(19)15-11(13)20/h3-6H,2,7H2,1H3,(H3,13,15,19,20). The second-order valence-corrected chi connectivity index (χ2v) is 4.93. The van der Waals surface area contributed by atoms with Crippen molar-refractivity contribution in [2.45, 2.75) is 18.6 Å². The molecule has 2 aromatic heterocycles. The number of imide groups is 1. The van der Waals surface area contributed by atoms with Crippen molar-refractivity contribution in [2.75, 3.05) is 5.75 Å². The smallest absolute Gasteiger partial charge is 0.318 e. The Kier molecular flexibility index (Phi) is 4.88. The predicted octanol–water partition coefficient (Wildman–Crippen LogP) is 0.647. The van der Waals surface area contributed by atoms with E-state index in [0.717, 1.165) is 5.56 Å². The van der Waals surface area contributed by atoms with Gasteiger partial charge >= 0.3 is 6.03 Å². The fraction of sp³-hybridized carbons (Fsp3) is 0.250. The molecule has 2 rings (SSSR count). The topological polar surface area (TPSA) is 116 Å². The van der Waals surface area contributed by atoms with E-state index in [0.29, 0.717) is 17.5 Å². The van der Waals surface area contributed by atoms with E-state index >= 15 is 0 Å². The first kappa shape index (κ1) is 15.0. The molecule has 0 aliphatic heterocycles. The van der Waals surface area contributed by atoms with E-state index in [4.69, 9.17) is 5.73 Å². The third kappa shape index (κ3) is 3.78. The number of hydrogen-bond donors (Lipinski definition) is 2. The molecule has 0 saturated carbocycles. The Labute approximate surface area is 125 Å². The van der Waals surface area contributed by atoms with Crippen LogP contribution in [0.3, 0.4) is 0 Å². The highest BCUT2D eigenvalue weighted by atomic mass is 32.2. The van der Waals surface area contributed by atoms with Crippen LogP contribution in [0.5, 0.6) is 0 Å². The summed E-state index contributed by atoms with van der Waals surface area (Å²) in [7, 11) is 0. The molecule has 0 aliphatic rings. The van der Waals surface area contributed by atoms with Gasteiger partial charge in [-0.1, -0.05) is 11.8 Å². The molecule has 3 amide bonds. The van der Waals surface area contributed by atoms with Gasteiger partial charge in [-0.15, -0.1) is 10.2 Å². The SMILES string of the molecule is CCn1c(SCC(=O)NC(N)=O)nnc1-c1ccncc1. The number of pyridine rings is 1. The highest BCUT2D eigenvalue weighted by Gasteiger charge is 2.14. The zero-order valence-electron chi connectivity index (χ0n) is 11.3. The number of nitrogens with one attached hydrogen (secondary N) is 1. The highest BCUT2D eigenvalue weighted by Crippen LogP contribution is 2.23. The number of urea groups is 1. The molecule has 0 aromatic carbocycles. The van der Waals surface area contributed by atoms with Crippen LogP contribution in [0.1, 0.15) is 6.92 Å². The van der Waals surface area contributed by atoms with Crippen molar-refractivity contribution >= 4 is 23.7 Å². The molecule has 0 aliphatic carbocycles. The zero-order chi connectivity index (χ0) is 15.2. The van der Waals surface area contributed by atoms with Crippen molar-refractivity contribution in [3.05, 3.63) is 24.5 Å². The third-order valence-corrected chi connectivity index (χ3v) is 3.53. The van der Waals surface area contributed by atoms with E-state index < -0.39 is 11.9 Å². The van der Waals surface area contributed by atoms with Crippen molar-refractivity contribution in [2.24, 2.45) is 5.73 Å². The predicted molar refractivity (Wildman–Crippen MR) is 77.4 cm³/mol. The highest BCUT2D eigenvalue weighted by molar-refractivity contribution is 7.99. The summed E-state index contributed by atoms with van der Waals surface area (Å²) in [6.45, 7) is 2.62. The number of amides is 3. The molecule has 0 atom stereocenters. The summed E-state index contributed by atoms with van der Waals surface area (Å²) in [6, 6.07) is 2.81. The van der Waals surface area contributed by atoms with E-state index in [1.54, 1.807) is 12.4 Å². The average molecular weight is 306 g/mol. The minimum atomic E-state index is -0.866. The normalized spacial score (nSPS) is 10.3. The fourth-order valence-electron chi connectivity index (χ4n) is 1.70. The van der Waals surface area contributed by atoms with E-state index in [-0.39, 0.29) is 5.75 Å². The lowest BCUT2D eigenvalue weighted by atomic mass is 10.2. The van der Waals surface area contributed by atoms with Gasteiger partial charge in [0.05, 0.1) is 5.75 Å². The Morgan fingerprint density at radius 1 is 1.33 bits per heavy atom. The van der Waals surface area contributed by atoms with Crippen molar-refractivity contribution < 1.29 is 9.59 Å². The first-order valence-electron chi connectivity index (χ1n) is 6.17. The minimum Gasteiger partial charge on any atom is -0.351 e. The second kappa shape index (κ2) is 6.84. The van der Waals surface area contributed by atoms with Crippen LogP contribution in [0.15, 0.2) is 29.7 Å². The lowest BCUT2D eigenvalue weighted by Gasteiger charge is -2.06. The van der Waals surface area contributed by atoms with Gasteiger partial charge in [0.25, 0.3) is 0 Å². The molecule has 0 bridgehead atoms. The molecule has 0 unspecified atom stereocenters. The van der Waals surface area contributed by atoms with Gasteiger partial charge < -0.3 is 10.3 Å². The molecule has 0 spiro atoms. The number of hydrogen-bond acceptors (Lipinski definition) is 6. The van der Waals surface area contributed by atoms with Gasteiger partial charge in [-0.2, -0.15) is 0 Å². The fourth-order valence-corrected chi connectivity index (χ4v) is 2.50. The van der Waals surface area contributed by atoms with Gasteiger partial charge in [-0.3, -0.25) is 15.1 Å². The monoisotopic (exact) mass is 306 g/mol. The van der Waals surface area contributed by atoms with E-state index in [9.17, 15) is 9.59 Å². The van der Waals surface area contributed by atoms with Crippen LogP contribution in [0.2, 0.25) is 0 Å². The zero-order valence-corrected chi connectivity index (χ0v) is 12.1. The number of primary amides is 1. The summed E-state index contributed by atoms with van der Waals surface area (Å²) in [5, 5.41) is 10.8. The summed E-state index contributed by atoms with van der Waals surface area (Å²) in [4.78, 5) is 25.9. The number of aromatic nitrogens is 4. The van der Waals surface area contributed by atoms with Crippen molar-refractivity contribution in [1.82, 2.24) is 25.1 Å². The summed E-state index contributed by atoms with van der Waals surface area (Å²) in [6.07, 6.45) is 3.36. The number of carbonyl (C=O) groups excluding carboxylic acids is 2. The van der Waals surface area contributed by atoms with Gasteiger partial charge in [0.1, 0.15) is 0 Å². The lowest BCUT2D eigenvalue weighted by Crippen LogP contribution is -2.36. The van der Waals surface area contributed by atoms with E-state index in [1.807, 2.05) is 28.9 Å². The minimum absolute atomic E-state index is 0.0391. The molecule has 21 heavy (non-hydrogen) atoms. The van der Waals surface area contributed by atoms with Gasteiger partial charge in [-0.05, 0) is 19.1 Å². The Morgan fingerprint density at radius 3 is 2.67 bits per heavy atom. The second-order valence-electron chi connectivity index (χ2n) is 3.99. The van der Waals surface area contributed by atoms with Crippen LogP contribution in [0, 0.1) is 0 Å². The molecule has 3 N–H and O–H groups in total. The van der Waals surface area contributed by atoms with Crippen LogP contribution in [0.4, 0.5) is 4.79 Å². The molecule has 0 radical (unpaired) electrons. The molecule has 0 saturated heterocycles. The Balaban J connectivity index is 2.13. The largest absolute Gasteiger partial charge is 0.351 e. The lowest BCUT2D eigenvalue weighted by molar-refractivity contribution is -0.117.